The summed E-state index contributed by atoms with van der Waals surface area (Å²) in [4.78, 5) is 25.9. The van der Waals surface area contributed by atoms with Gasteiger partial charge in [-0.15, -0.1) is 0 Å². The van der Waals surface area contributed by atoms with Crippen molar-refractivity contribution < 1.29 is 14.6 Å². The normalized spacial score (nSPS) is 31.5. The molecule has 0 spiro atoms. The molecular weight excluding hydrogens is 358 g/mol. The first-order valence-electron chi connectivity index (χ1n) is 10.3. The second kappa shape index (κ2) is 7.93. The van der Waals surface area contributed by atoms with Crippen LogP contribution in [0.25, 0.3) is 0 Å². The van der Waals surface area contributed by atoms with E-state index in [2.05, 4.69) is 20.2 Å². The quantitative estimate of drug-likeness (QED) is 0.779. The Hall–Kier alpha value is -1.77. The van der Waals surface area contributed by atoms with Gasteiger partial charge >= 0.3 is 0 Å². The van der Waals surface area contributed by atoms with Crippen LogP contribution in [0.1, 0.15) is 26.7 Å². The van der Waals surface area contributed by atoms with Gasteiger partial charge in [0.1, 0.15) is 5.82 Å². The lowest BCUT2D eigenvalue weighted by atomic mass is 9.77. The molecule has 2 N–H and O–H groups in total. The van der Waals surface area contributed by atoms with Gasteiger partial charge in [-0.2, -0.15) is 0 Å². The molecule has 1 saturated carbocycles. The summed E-state index contributed by atoms with van der Waals surface area (Å²) in [6, 6.07) is -0.0553. The maximum Gasteiger partial charge on any atom is 0.242 e. The van der Waals surface area contributed by atoms with Gasteiger partial charge in [0.15, 0.2) is 0 Å². The minimum Gasteiger partial charge on any atom is -0.391 e. The Morgan fingerprint density at radius 1 is 1.21 bits per heavy atom. The van der Waals surface area contributed by atoms with Crippen LogP contribution in [0, 0.1) is 11.8 Å². The average molecular weight is 390 g/mol. The Bertz CT molecular complexity index is 680. The highest BCUT2D eigenvalue weighted by molar-refractivity contribution is 5.85. The molecule has 0 radical (unpaired) electrons. The molecule has 4 atom stereocenters. The van der Waals surface area contributed by atoms with Crippen LogP contribution in [0.3, 0.4) is 0 Å². The number of nitrogens with one attached hydrogen (secondary N) is 1. The van der Waals surface area contributed by atoms with Crippen molar-refractivity contribution in [2.24, 2.45) is 11.8 Å². The van der Waals surface area contributed by atoms with Crippen molar-refractivity contribution in [3.63, 3.8) is 0 Å². The zero-order chi connectivity index (χ0) is 19.7. The fourth-order valence-corrected chi connectivity index (χ4v) is 4.96. The van der Waals surface area contributed by atoms with Gasteiger partial charge in [-0.05, 0) is 38.5 Å². The molecule has 1 amide bonds. The van der Waals surface area contributed by atoms with Crippen molar-refractivity contribution in [1.82, 2.24) is 19.8 Å². The van der Waals surface area contributed by atoms with Crippen LogP contribution in [-0.4, -0.2) is 87.9 Å². The number of amides is 1. The van der Waals surface area contributed by atoms with Gasteiger partial charge in [0.05, 0.1) is 37.1 Å². The van der Waals surface area contributed by atoms with E-state index in [9.17, 15) is 9.90 Å². The monoisotopic (exact) mass is 389 g/mol. The Morgan fingerprint density at radius 2 is 1.93 bits per heavy atom. The van der Waals surface area contributed by atoms with Crippen molar-refractivity contribution in [1.29, 1.82) is 0 Å². The van der Waals surface area contributed by atoms with Crippen LogP contribution in [-0.2, 0) is 9.53 Å². The molecule has 0 aromatic carbocycles. The molecule has 3 aliphatic rings. The lowest BCUT2D eigenvalue weighted by Gasteiger charge is -2.41. The highest BCUT2D eigenvalue weighted by Gasteiger charge is 2.46. The lowest BCUT2D eigenvalue weighted by molar-refractivity contribution is -0.144. The lowest BCUT2D eigenvalue weighted by Crippen LogP contribution is -2.58. The number of ether oxygens (including phenoxy) is 1. The van der Waals surface area contributed by atoms with E-state index in [1.165, 1.54) is 0 Å². The number of morpholine rings is 1. The molecular formula is C20H31N5O3. The first kappa shape index (κ1) is 19.5. The zero-order valence-electron chi connectivity index (χ0n) is 16.8. The number of fused-ring (bicyclic) bond motifs is 1. The van der Waals surface area contributed by atoms with Crippen LogP contribution in [0.5, 0.6) is 0 Å². The third-order valence-corrected chi connectivity index (χ3v) is 6.65. The topological polar surface area (TPSA) is 90.8 Å². The van der Waals surface area contributed by atoms with Crippen molar-refractivity contribution in [2.45, 2.75) is 44.4 Å². The van der Waals surface area contributed by atoms with E-state index in [-0.39, 0.29) is 11.9 Å². The van der Waals surface area contributed by atoms with Crippen LogP contribution in [0.2, 0.25) is 0 Å². The number of hydrogen-bond acceptors (Lipinski definition) is 7. The van der Waals surface area contributed by atoms with Crippen molar-refractivity contribution in [3.8, 4) is 0 Å². The van der Waals surface area contributed by atoms with Gasteiger partial charge in [-0.1, -0.05) is 0 Å². The largest absolute Gasteiger partial charge is 0.391 e. The van der Waals surface area contributed by atoms with E-state index in [0.717, 1.165) is 32.6 Å². The summed E-state index contributed by atoms with van der Waals surface area (Å²) in [5, 5.41) is 13.9. The summed E-state index contributed by atoms with van der Waals surface area (Å²) in [6.45, 7) is 8.51. The molecule has 3 heterocycles. The summed E-state index contributed by atoms with van der Waals surface area (Å²) in [7, 11) is 0. The van der Waals surface area contributed by atoms with Gasteiger partial charge in [0.2, 0.25) is 5.91 Å². The number of aromatic nitrogens is 2. The fraction of sp³-hybridized carbons (Fsp3) is 0.750. The van der Waals surface area contributed by atoms with Crippen LogP contribution in [0.15, 0.2) is 18.6 Å². The number of likely N-dealkylation sites (tertiary alicyclic amines) is 1. The minimum atomic E-state index is -0.521. The predicted octanol–water partition coefficient (Wildman–Crippen LogP) is 0.597. The van der Waals surface area contributed by atoms with Crippen LogP contribution in [0.4, 0.5) is 5.82 Å². The number of aliphatic hydroxyl groups is 1. The fourth-order valence-electron chi connectivity index (χ4n) is 4.96. The summed E-state index contributed by atoms with van der Waals surface area (Å²) in [5.41, 5.74) is -0.521. The van der Waals surface area contributed by atoms with E-state index in [0.29, 0.717) is 37.3 Å². The number of hydrogen-bond donors (Lipinski definition) is 2. The summed E-state index contributed by atoms with van der Waals surface area (Å²) in [5.74, 6) is 1.64. The van der Waals surface area contributed by atoms with Gasteiger partial charge in [-0.25, -0.2) is 4.98 Å². The van der Waals surface area contributed by atoms with Crippen molar-refractivity contribution >= 4 is 11.7 Å². The van der Waals surface area contributed by atoms with E-state index in [1.807, 2.05) is 18.7 Å². The molecule has 4 rings (SSSR count). The first-order chi connectivity index (χ1) is 13.4. The number of carbonyl (C=O) groups excluding carboxylic acids is 1. The van der Waals surface area contributed by atoms with E-state index in [1.54, 1.807) is 18.6 Å². The number of aliphatic hydroxyl groups excluding tert-OH is 1. The Balaban J connectivity index is 1.39. The third kappa shape index (κ3) is 3.86. The Morgan fingerprint density at radius 3 is 2.61 bits per heavy atom. The maximum atomic E-state index is 13.3. The van der Waals surface area contributed by atoms with E-state index < -0.39 is 11.6 Å². The van der Waals surface area contributed by atoms with Crippen molar-refractivity contribution in [3.05, 3.63) is 18.6 Å². The smallest absolute Gasteiger partial charge is 0.242 e. The molecule has 28 heavy (non-hydrogen) atoms. The molecule has 154 valence electrons. The van der Waals surface area contributed by atoms with E-state index >= 15 is 0 Å². The first-order valence-corrected chi connectivity index (χ1v) is 10.3. The molecule has 2 aliphatic heterocycles. The van der Waals surface area contributed by atoms with Gasteiger partial charge in [-0.3, -0.25) is 14.7 Å². The molecule has 8 nitrogen and oxygen atoms in total. The second-order valence-corrected chi connectivity index (χ2v) is 8.77. The highest BCUT2D eigenvalue weighted by atomic mass is 16.5. The van der Waals surface area contributed by atoms with Gasteiger partial charge in [0, 0.05) is 38.6 Å². The summed E-state index contributed by atoms with van der Waals surface area (Å²) in [6.07, 6.45) is 6.06. The molecule has 2 saturated heterocycles. The van der Waals surface area contributed by atoms with E-state index in [4.69, 9.17) is 4.74 Å². The average Bonchev–Trinajstić information content (AvgIpc) is 3.11. The number of rotatable bonds is 4. The maximum absolute atomic E-state index is 13.3. The number of nitrogens with zero attached hydrogens (tertiary/aromatic N) is 4. The standard InChI is InChI=1S/C20H31N5O3/c1-20(2,25-5-7-28-8-6-25)19(27)24-12-14-9-16(17(26)10-15(14)13-24)23-18-11-21-3-4-22-18/h3-4,11,14-17,26H,5-10,12-13H2,1-2H3,(H,22,23)/t14-,15+,16-,17-/m1/s1. The van der Waals surface area contributed by atoms with Gasteiger partial charge in [0.25, 0.3) is 0 Å². The molecule has 0 bridgehead atoms. The molecule has 1 aliphatic carbocycles. The SMILES string of the molecule is CC(C)(C(=O)N1C[C@H]2C[C@@H](Nc3cnccn3)[C@H](O)C[C@H]2C1)N1CCOCC1. The molecule has 0 unspecified atom stereocenters. The Kier molecular flexibility index (Phi) is 5.53. The molecule has 8 heteroatoms. The summed E-state index contributed by atoms with van der Waals surface area (Å²) >= 11 is 0. The second-order valence-electron chi connectivity index (χ2n) is 8.77. The zero-order valence-corrected chi connectivity index (χ0v) is 16.8. The number of carbonyl (C=O) groups is 1. The van der Waals surface area contributed by atoms with Crippen LogP contribution < -0.4 is 5.32 Å². The summed E-state index contributed by atoms with van der Waals surface area (Å²) < 4.78 is 5.44. The van der Waals surface area contributed by atoms with Gasteiger partial charge < -0.3 is 20.1 Å². The molecule has 3 fully saturated rings. The third-order valence-electron chi connectivity index (χ3n) is 6.65. The Labute approximate surface area is 166 Å². The molecule has 1 aromatic heterocycles. The highest BCUT2D eigenvalue weighted by Crippen LogP contribution is 2.38. The van der Waals surface area contributed by atoms with Crippen molar-refractivity contribution in [2.75, 3.05) is 44.7 Å². The molecule has 1 aromatic rings. The van der Waals surface area contributed by atoms with Crippen LogP contribution >= 0.6 is 0 Å². The number of anilines is 1. The minimum absolute atomic E-state index is 0.0553. The predicted molar refractivity (Wildman–Crippen MR) is 105 cm³/mol.